The number of nitrogens with one attached hydrogen (secondary N) is 1. The summed E-state index contributed by atoms with van der Waals surface area (Å²) in [5, 5.41) is 3.37. The molecule has 0 aromatic heterocycles. The summed E-state index contributed by atoms with van der Waals surface area (Å²) in [6.45, 7) is 4.78. The highest BCUT2D eigenvalue weighted by molar-refractivity contribution is 7.99. The maximum Gasteiger partial charge on any atom is 0.243 e. The highest BCUT2D eigenvalue weighted by Crippen LogP contribution is 2.27. The van der Waals surface area contributed by atoms with Crippen LogP contribution in [-0.4, -0.2) is 37.2 Å². The first kappa shape index (κ1) is 18.0. The average Bonchev–Trinajstić information content (AvgIpc) is 2.46. The number of amides is 1. The largest absolute Gasteiger partial charge is 0.385 e. The molecule has 0 saturated carbocycles. The third kappa shape index (κ3) is 5.34. The summed E-state index contributed by atoms with van der Waals surface area (Å²) >= 11 is 1.72. The Labute approximate surface area is 131 Å². The summed E-state index contributed by atoms with van der Waals surface area (Å²) in [4.78, 5) is 12.2. The van der Waals surface area contributed by atoms with Crippen LogP contribution in [0, 0.1) is 0 Å². The molecule has 1 aromatic carbocycles. The Bertz CT molecular complexity index is 426. The van der Waals surface area contributed by atoms with Crippen molar-refractivity contribution in [3.8, 4) is 0 Å². The Morgan fingerprint density at radius 1 is 1.38 bits per heavy atom. The van der Waals surface area contributed by atoms with Crippen LogP contribution in [-0.2, 0) is 15.1 Å². The molecule has 0 heterocycles. The van der Waals surface area contributed by atoms with Crippen molar-refractivity contribution in [3.05, 3.63) is 35.9 Å². The maximum atomic E-state index is 12.2. The third-order valence-electron chi connectivity index (χ3n) is 3.18. The normalized spacial score (nSPS) is 14.1. The molecule has 0 saturated heterocycles. The lowest BCUT2D eigenvalue weighted by molar-refractivity contribution is -0.124. The van der Waals surface area contributed by atoms with Gasteiger partial charge in [0.15, 0.2) is 0 Å². The quantitative estimate of drug-likeness (QED) is 0.650. The molecule has 1 atom stereocenters. The van der Waals surface area contributed by atoms with Crippen molar-refractivity contribution in [2.45, 2.75) is 31.8 Å². The summed E-state index contributed by atoms with van der Waals surface area (Å²) in [6.07, 6.45) is 0.965. The number of hydrogen-bond acceptors (Lipinski definition) is 4. The van der Waals surface area contributed by atoms with Gasteiger partial charge in [0, 0.05) is 25.5 Å². The van der Waals surface area contributed by atoms with E-state index in [0.29, 0.717) is 5.75 Å². The van der Waals surface area contributed by atoms with Gasteiger partial charge in [0.05, 0.1) is 0 Å². The number of primary amides is 1. The molecule has 3 N–H and O–H groups in total. The molecule has 0 spiro atoms. The minimum atomic E-state index is -0.826. The molecule has 0 radical (unpaired) electrons. The van der Waals surface area contributed by atoms with E-state index in [-0.39, 0.29) is 11.9 Å². The zero-order valence-corrected chi connectivity index (χ0v) is 13.9. The fourth-order valence-electron chi connectivity index (χ4n) is 2.24. The van der Waals surface area contributed by atoms with Crippen LogP contribution in [0.25, 0.3) is 0 Å². The number of carbonyl (C=O) groups is 1. The molecule has 5 heteroatoms. The Kier molecular flexibility index (Phi) is 7.78. The van der Waals surface area contributed by atoms with E-state index in [4.69, 9.17) is 10.5 Å². The van der Waals surface area contributed by atoms with Crippen LogP contribution >= 0.6 is 11.8 Å². The van der Waals surface area contributed by atoms with Crippen molar-refractivity contribution in [1.29, 1.82) is 0 Å². The Morgan fingerprint density at radius 3 is 2.57 bits per heavy atom. The molecule has 1 rings (SSSR count). The highest BCUT2D eigenvalue weighted by atomic mass is 32.2. The van der Waals surface area contributed by atoms with Crippen LogP contribution in [0.1, 0.15) is 25.8 Å². The molecule has 118 valence electrons. The van der Waals surface area contributed by atoms with E-state index >= 15 is 0 Å². The van der Waals surface area contributed by atoms with Crippen molar-refractivity contribution in [1.82, 2.24) is 5.32 Å². The van der Waals surface area contributed by atoms with Crippen LogP contribution in [0.15, 0.2) is 30.3 Å². The molecule has 1 unspecified atom stereocenters. The molecule has 21 heavy (non-hydrogen) atoms. The molecular formula is C16H26N2O2S. The Hall–Kier alpha value is -1.04. The molecule has 0 aliphatic heterocycles. The van der Waals surface area contributed by atoms with Gasteiger partial charge in [-0.05, 0) is 31.6 Å². The molecule has 0 aliphatic rings. The van der Waals surface area contributed by atoms with Crippen LogP contribution in [0.4, 0.5) is 0 Å². The van der Waals surface area contributed by atoms with E-state index in [2.05, 4.69) is 5.32 Å². The predicted octanol–water partition coefficient (Wildman–Crippen LogP) is 2.13. The summed E-state index contributed by atoms with van der Waals surface area (Å²) in [5.41, 5.74) is 5.85. The van der Waals surface area contributed by atoms with Crippen LogP contribution in [0.2, 0.25) is 0 Å². The molecule has 0 fully saturated rings. The number of rotatable bonds is 10. The Balaban J connectivity index is 2.89. The molecule has 0 aliphatic carbocycles. The topological polar surface area (TPSA) is 64.3 Å². The fraction of sp³-hybridized carbons (Fsp3) is 0.562. The van der Waals surface area contributed by atoms with Gasteiger partial charge in [-0.15, -0.1) is 0 Å². The van der Waals surface area contributed by atoms with E-state index < -0.39 is 5.54 Å². The molecule has 1 aromatic rings. The molecule has 0 bridgehead atoms. The molecular weight excluding hydrogens is 284 g/mol. The standard InChI is InChI=1S/C16H26N2O2S/c1-13(2)18-16(15(17)19,12-21-11-7-10-20-3)14-8-5-4-6-9-14/h4-6,8-9,13,18H,7,10-12H2,1-3H3,(H2,17,19). The van der Waals surface area contributed by atoms with E-state index in [1.165, 1.54) is 0 Å². The third-order valence-corrected chi connectivity index (χ3v) is 4.39. The van der Waals surface area contributed by atoms with Crippen LogP contribution in [0.5, 0.6) is 0 Å². The zero-order valence-electron chi connectivity index (χ0n) is 13.1. The number of thioether (sulfide) groups is 1. The summed E-state index contributed by atoms with van der Waals surface area (Å²) in [7, 11) is 1.70. The first-order chi connectivity index (χ1) is 10.0. The van der Waals surface area contributed by atoms with Gasteiger partial charge in [-0.1, -0.05) is 30.3 Å². The lowest BCUT2D eigenvalue weighted by atomic mass is 9.90. The van der Waals surface area contributed by atoms with Crippen LogP contribution in [0.3, 0.4) is 0 Å². The number of methoxy groups -OCH3 is 1. The second-order valence-electron chi connectivity index (χ2n) is 5.33. The van der Waals surface area contributed by atoms with E-state index in [9.17, 15) is 4.79 Å². The first-order valence-corrected chi connectivity index (χ1v) is 8.38. The number of hydrogen-bond donors (Lipinski definition) is 2. The monoisotopic (exact) mass is 310 g/mol. The van der Waals surface area contributed by atoms with E-state index in [1.54, 1.807) is 18.9 Å². The number of benzene rings is 1. The van der Waals surface area contributed by atoms with Crippen molar-refractivity contribution in [2.24, 2.45) is 5.73 Å². The van der Waals surface area contributed by atoms with Crippen LogP contribution < -0.4 is 11.1 Å². The average molecular weight is 310 g/mol. The minimum absolute atomic E-state index is 0.164. The van der Waals surface area contributed by atoms with E-state index in [0.717, 1.165) is 24.3 Å². The van der Waals surface area contributed by atoms with Gasteiger partial charge in [-0.3, -0.25) is 10.1 Å². The highest BCUT2D eigenvalue weighted by Gasteiger charge is 2.38. The SMILES string of the molecule is COCCCSCC(NC(C)C)(C(N)=O)c1ccccc1. The molecule has 4 nitrogen and oxygen atoms in total. The lowest BCUT2D eigenvalue weighted by Gasteiger charge is -2.34. The smallest absolute Gasteiger partial charge is 0.243 e. The van der Waals surface area contributed by atoms with E-state index in [1.807, 2.05) is 44.2 Å². The predicted molar refractivity (Wildman–Crippen MR) is 89.4 cm³/mol. The van der Waals surface area contributed by atoms with Gasteiger partial charge in [0.25, 0.3) is 0 Å². The number of carbonyl (C=O) groups excluding carboxylic acids is 1. The molecule has 1 amide bonds. The zero-order chi connectivity index (χ0) is 15.7. The Morgan fingerprint density at radius 2 is 2.05 bits per heavy atom. The van der Waals surface area contributed by atoms with Gasteiger partial charge >= 0.3 is 0 Å². The minimum Gasteiger partial charge on any atom is -0.385 e. The second-order valence-corrected chi connectivity index (χ2v) is 6.44. The first-order valence-electron chi connectivity index (χ1n) is 7.22. The number of ether oxygens (including phenoxy) is 1. The summed E-state index contributed by atoms with van der Waals surface area (Å²) < 4.78 is 5.05. The van der Waals surface area contributed by atoms with Crippen molar-refractivity contribution < 1.29 is 9.53 Å². The number of nitrogens with two attached hydrogens (primary N) is 1. The summed E-state index contributed by atoms with van der Waals surface area (Å²) in [6, 6.07) is 9.88. The van der Waals surface area contributed by atoms with Gasteiger partial charge in [0.1, 0.15) is 5.54 Å². The lowest BCUT2D eigenvalue weighted by Crippen LogP contribution is -2.57. The van der Waals surface area contributed by atoms with Gasteiger partial charge in [0.2, 0.25) is 5.91 Å². The fourth-order valence-corrected chi connectivity index (χ4v) is 3.40. The van der Waals surface area contributed by atoms with Gasteiger partial charge in [-0.25, -0.2) is 0 Å². The summed E-state index contributed by atoms with van der Waals surface area (Å²) in [5.74, 6) is 1.23. The van der Waals surface area contributed by atoms with Crippen molar-refractivity contribution in [3.63, 3.8) is 0 Å². The van der Waals surface area contributed by atoms with Crippen molar-refractivity contribution >= 4 is 17.7 Å². The van der Waals surface area contributed by atoms with Crippen molar-refractivity contribution in [2.75, 3.05) is 25.2 Å². The second kappa shape index (κ2) is 9.07. The van der Waals surface area contributed by atoms with Gasteiger partial charge < -0.3 is 10.5 Å². The maximum absolute atomic E-state index is 12.2. The van der Waals surface area contributed by atoms with Gasteiger partial charge in [-0.2, -0.15) is 11.8 Å².